The number of aromatic nitrogens is 2. The number of aliphatic hydroxyl groups is 1. The van der Waals surface area contributed by atoms with E-state index >= 15 is 0 Å². The molecule has 11 nitrogen and oxygen atoms in total. The van der Waals surface area contributed by atoms with Crippen LogP contribution in [0.4, 0.5) is 0 Å². The zero-order chi connectivity index (χ0) is 24.0. The molecular formula is C21H25N5O6S. The minimum Gasteiger partial charge on any atom is -0.389 e. The molecule has 4 rings (SSSR count). The van der Waals surface area contributed by atoms with E-state index in [0.717, 1.165) is 21.0 Å². The summed E-state index contributed by atoms with van der Waals surface area (Å²) in [4.78, 5) is 66.2. The second-order valence-electron chi connectivity index (χ2n) is 8.63. The number of hydrogen-bond acceptors (Lipinski definition) is 8. The number of thiophene rings is 1. The molecule has 0 bridgehead atoms. The van der Waals surface area contributed by atoms with Crippen LogP contribution in [0.15, 0.2) is 19.6 Å². The third kappa shape index (κ3) is 4.21. The molecule has 0 spiro atoms. The van der Waals surface area contributed by atoms with Crippen LogP contribution in [0, 0.1) is 5.92 Å². The van der Waals surface area contributed by atoms with Crippen molar-refractivity contribution in [3.63, 3.8) is 0 Å². The molecule has 4 heterocycles. The van der Waals surface area contributed by atoms with Crippen molar-refractivity contribution in [1.29, 1.82) is 0 Å². The van der Waals surface area contributed by atoms with Crippen molar-refractivity contribution in [3.8, 4) is 0 Å². The molecule has 12 heteroatoms. The molecule has 2 aliphatic heterocycles. The van der Waals surface area contributed by atoms with Gasteiger partial charge in [0, 0.05) is 24.9 Å². The Morgan fingerprint density at radius 3 is 2.70 bits per heavy atom. The number of amides is 2. The van der Waals surface area contributed by atoms with Gasteiger partial charge in [-0.25, -0.2) is 14.9 Å². The van der Waals surface area contributed by atoms with Gasteiger partial charge in [0.25, 0.3) is 17.4 Å². The lowest BCUT2D eigenvalue weighted by molar-refractivity contribution is -0.118. The van der Waals surface area contributed by atoms with Gasteiger partial charge >= 0.3 is 5.69 Å². The number of aliphatic imine (C=N–C) groups is 2. The quantitative estimate of drug-likeness (QED) is 0.654. The van der Waals surface area contributed by atoms with E-state index in [9.17, 15) is 24.3 Å². The summed E-state index contributed by atoms with van der Waals surface area (Å²) in [6, 6.07) is -0.839. The number of rotatable bonds is 5. The SMILES string of the molecule is CC1=NC(Cc2sc3c(c2C(=O)N2C[C@H](O)CO2)c(=O)n(C)c(=O)n3CC(C)C)C(=O)N=C1. The molecule has 33 heavy (non-hydrogen) atoms. The Labute approximate surface area is 192 Å². The lowest BCUT2D eigenvalue weighted by Crippen LogP contribution is -2.39. The molecule has 2 amide bonds. The zero-order valence-electron chi connectivity index (χ0n) is 18.8. The monoisotopic (exact) mass is 475 g/mol. The molecule has 2 aromatic rings. The highest BCUT2D eigenvalue weighted by Crippen LogP contribution is 2.32. The molecule has 2 aromatic heterocycles. The maximum Gasteiger partial charge on any atom is 0.331 e. The summed E-state index contributed by atoms with van der Waals surface area (Å²) < 4.78 is 2.47. The Morgan fingerprint density at radius 2 is 2.06 bits per heavy atom. The van der Waals surface area contributed by atoms with Crippen LogP contribution in [0.1, 0.15) is 36.0 Å². The van der Waals surface area contributed by atoms with E-state index in [-0.39, 0.29) is 36.4 Å². The van der Waals surface area contributed by atoms with Crippen molar-refractivity contribution >= 4 is 45.3 Å². The number of hydrogen-bond donors (Lipinski definition) is 1. The molecule has 1 N–H and O–H groups in total. The van der Waals surface area contributed by atoms with Gasteiger partial charge in [-0.05, 0) is 12.8 Å². The van der Waals surface area contributed by atoms with Gasteiger partial charge in [0.1, 0.15) is 23.6 Å². The number of fused-ring (bicyclic) bond motifs is 1. The Bertz CT molecular complexity index is 1320. The van der Waals surface area contributed by atoms with E-state index in [4.69, 9.17) is 4.84 Å². The van der Waals surface area contributed by atoms with Crippen molar-refractivity contribution < 1.29 is 19.5 Å². The fraction of sp³-hybridized carbons (Fsp3) is 0.524. The van der Waals surface area contributed by atoms with Crippen LogP contribution in [0.25, 0.3) is 10.2 Å². The number of nitrogens with zero attached hydrogens (tertiary/aromatic N) is 5. The average molecular weight is 476 g/mol. The number of carbonyl (C=O) groups excluding carboxylic acids is 2. The van der Waals surface area contributed by atoms with E-state index in [1.165, 1.54) is 17.8 Å². The third-order valence-corrected chi connectivity index (χ3v) is 6.67. The Balaban J connectivity index is 1.95. The van der Waals surface area contributed by atoms with Crippen LogP contribution >= 0.6 is 11.3 Å². The van der Waals surface area contributed by atoms with Gasteiger partial charge in [-0.2, -0.15) is 0 Å². The lowest BCUT2D eigenvalue weighted by atomic mass is 10.1. The normalized spacial score (nSPS) is 20.8. The highest BCUT2D eigenvalue weighted by molar-refractivity contribution is 7.19. The first-order chi connectivity index (χ1) is 15.6. The zero-order valence-corrected chi connectivity index (χ0v) is 19.6. The molecule has 0 aromatic carbocycles. The molecule has 1 saturated heterocycles. The standard InChI is InChI=1S/C21H25N5O6S/c1-10(2)7-25-20-16(18(29)24(4)21(25)31)15(19(30)26-8-12(27)9-32-26)14(33-20)5-13-17(28)22-6-11(3)23-13/h6,10,12-13,27H,5,7-9H2,1-4H3/t12-,13?/m0/s1. The van der Waals surface area contributed by atoms with E-state index in [1.54, 1.807) is 6.92 Å². The van der Waals surface area contributed by atoms with Crippen molar-refractivity contribution in [1.82, 2.24) is 14.2 Å². The van der Waals surface area contributed by atoms with Gasteiger partial charge < -0.3 is 5.11 Å². The van der Waals surface area contributed by atoms with Crippen LogP contribution in [0.3, 0.4) is 0 Å². The molecule has 0 radical (unpaired) electrons. The first-order valence-corrected chi connectivity index (χ1v) is 11.4. The number of carbonyl (C=O) groups is 2. The highest BCUT2D eigenvalue weighted by atomic mass is 32.1. The summed E-state index contributed by atoms with van der Waals surface area (Å²) in [5.41, 5.74) is -0.439. The van der Waals surface area contributed by atoms with Gasteiger partial charge in [-0.1, -0.05) is 13.8 Å². The fourth-order valence-corrected chi connectivity index (χ4v) is 5.22. The molecule has 1 fully saturated rings. The van der Waals surface area contributed by atoms with Crippen LogP contribution < -0.4 is 11.2 Å². The summed E-state index contributed by atoms with van der Waals surface area (Å²) in [5.74, 6) is -0.949. The Hall–Kier alpha value is -2.96. The van der Waals surface area contributed by atoms with Gasteiger partial charge in [-0.15, -0.1) is 11.3 Å². The number of β-amino-alcohol motifs (C(OH)–C–C–N with tert-alkyl or cyclic N) is 1. The summed E-state index contributed by atoms with van der Waals surface area (Å²) >= 11 is 1.13. The van der Waals surface area contributed by atoms with Gasteiger partial charge in [0.05, 0.1) is 29.4 Å². The van der Waals surface area contributed by atoms with Crippen LogP contribution in [-0.4, -0.2) is 68.3 Å². The maximum absolute atomic E-state index is 13.5. The summed E-state index contributed by atoms with van der Waals surface area (Å²) in [7, 11) is 1.37. The second kappa shape index (κ2) is 8.76. The summed E-state index contributed by atoms with van der Waals surface area (Å²) in [6.07, 6.45) is 0.583. The molecule has 176 valence electrons. The minimum absolute atomic E-state index is 0.0431. The van der Waals surface area contributed by atoms with Crippen LogP contribution in [-0.2, 0) is 29.6 Å². The van der Waals surface area contributed by atoms with Crippen molar-refractivity contribution in [3.05, 3.63) is 31.3 Å². The molecule has 1 unspecified atom stereocenters. The Kier molecular flexibility index (Phi) is 6.16. The van der Waals surface area contributed by atoms with E-state index in [1.807, 2.05) is 13.8 Å². The molecule has 0 saturated carbocycles. The average Bonchev–Trinajstić information content (AvgIpc) is 3.35. The molecule has 0 aliphatic carbocycles. The molecule has 2 aliphatic rings. The van der Waals surface area contributed by atoms with E-state index < -0.39 is 35.2 Å². The topological polar surface area (TPSA) is 136 Å². The van der Waals surface area contributed by atoms with Crippen molar-refractivity contribution in [2.24, 2.45) is 23.0 Å². The number of hydroxylamine groups is 2. The van der Waals surface area contributed by atoms with Crippen LogP contribution in [0.2, 0.25) is 0 Å². The highest BCUT2D eigenvalue weighted by Gasteiger charge is 2.34. The lowest BCUT2D eigenvalue weighted by Gasteiger charge is -2.16. The van der Waals surface area contributed by atoms with Crippen molar-refractivity contribution in [2.45, 2.75) is 45.9 Å². The fourth-order valence-electron chi connectivity index (χ4n) is 3.90. The minimum atomic E-state index is -0.842. The smallest absolute Gasteiger partial charge is 0.331 e. The van der Waals surface area contributed by atoms with E-state index in [2.05, 4.69) is 9.98 Å². The second-order valence-corrected chi connectivity index (χ2v) is 9.72. The summed E-state index contributed by atoms with van der Waals surface area (Å²) in [6.45, 7) is 5.86. The van der Waals surface area contributed by atoms with Gasteiger partial charge in [-0.3, -0.25) is 33.3 Å². The van der Waals surface area contributed by atoms with Crippen LogP contribution in [0.5, 0.6) is 0 Å². The van der Waals surface area contributed by atoms with Crippen molar-refractivity contribution in [2.75, 3.05) is 13.2 Å². The van der Waals surface area contributed by atoms with Gasteiger partial charge in [0.2, 0.25) is 0 Å². The largest absolute Gasteiger partial charge is 0.389 e. The molecular weight excluding hydrogens is 450 g/mol. The Morgan fingerprint density at radius 1 is 1.33 bits per heavy atom. The first-order valence-electron chi connectivity index (χ1n) is 10.6. The predicted octanol–water partition coefficient (Wildman–Crippen LogP) is 0.149. The third-order valence-electron chi connectivity index (χ3n) is 5.43. The van der Waals surface area contributed by atoms with Gasteiger partial charge in [0.15, 0.2) is 0 Å². The number of aliphatic hydroxyl groups excluding tert-OH is 1. The maximum atomic E-state index is 13.5. The first kappa shape index (κ1) is 23.2. The predicted molar refractivity (Wildman–Crippen MR) is 123 cm³/mol. The summed E-state index contributed by atoms with van der Waals surface area (Å²) in [5, 5.41) is 10.9. The molecule has 2 atom stereocenters. The van der Waals surface area contributed by atoms with E-state index in [0.29, 0.717) is 22.0 Å².